The summed E-state index contributed by atoms with van der Waals surface area (Å²) in [6.45, 7) is 4.62. The lowest BCUT2D eigenvalue weighted by Crippen LogP contribution is -2.61. The molecule has 98 valence electrons. The second kappa shape index (κ2) is 5.33. The molecule has 2 nitrogen and oxygen atoms in total. The molecule has 1 aliphatic carbocycles. The molecule has 0 spiro atoms. The van der Waals surface area contributed by atoms with Crippen LogP contribution in [0.2, 0.25) is 0 Å². The number of thiocarbonyl (C=S) groups is 1. The number of hydrogen-bond donors (Lipinski definition) is 2. The molecule has 3 N–H and O–H groups in total. The van der Waals surface area contributed by atoms with Crippen LogP contribution in [-0.2, 0) is 0 Å². The molecule has 4 atom stereocenters. The monoisotopic (exact) mass is 254 g/mol. The van der Waals surface area contributed by atoms with Gasteiger partial charge in [-0.05, 0) is 25.2 Å². The first kappa shape index (κ1) is 13.4. The standard InChI is InChI=1S/C14H26N2S/c1-3-10-7-5-4-6-8-14(2)9-11(15)16-12(10)13(14)17/h10-12,16H,3-9,15H2,1-2H3. The lowest BCUT2D eigenvalue weighted by Gasteiger charge is -2.45. The third-order valence-corrected chi connectivity index (χ3v) is 5.49. The summed E-state index contributed by atoms with van der Waals surface area (Å²) in [6.07, 6.45) is 8.90. The van der Waals surface area contributed by atoms with Crippen LogP contribution >= 0.6 is 12.2 Å². The molecule has 1 saturated carbocycles. The van der Waals surface area contributed by atoms with Gasteiger partial charge < -0.3 is 5.73 Å². The SMILES string of the molecule is CCC1CCCCCC2(C)CC(N)NC1C2=S. The van der Waals surface area contributed by atoms with E-state index in [1.807, 2.05) is 0 Å². The van der Waals surface area contributed by atoms with Crippen LogP contribution in [-0.4, -0.2) is 17.1 Å². The van der Waals surface area contributed by atoms with Crippen LogP contribution in [0.1, 0.15) is 58.8 Å². The third-order valence-electron chi connectivity index (χ3n) is 4.74. The molecule has 0 radical (unpaired) electrons. The molecular weight excluding hydrogens is 228 g/mol. The van der Waals surface area contributed by atoms with Crippen LogP contribution in [0.5, 0.6) is 0 Å². The van der Waals surface area contributed by atoms with E-state index in [9.17, 15) is 0 Å². The summed E-state index contributed by atoms with van der Waals surface area (Å²) in [5, 5.41) is 3.56. The Balaban J connectivity index is 2.26. The highest BCUT2D eigenvalue weighted by molar-refractivity contribution is 7.80. The van der Waals surface area contributed by atoms with Crippen molar-refractivity contribution < 1.29 is 0 Å². The number of piperidine rings is 1. The summed E-state index contributed by atoms with van der Waals surface area (Å²) < 4.78 is 0. The minimum absolute atomic E-state index is 0.129. The van der Waals surface area contributed by atoms with Crippen molar-refractivity contribution >= 4 is 17.1 Å². The number of nitrogens with one attached hydrogen (secondary N) is 1. The Kier molecular flexibility index (Phi) is 4.22. The summed E-state index contributed by atoms with van der Waals surface area (Å²) in [6, 6.07) is 0.377. The van der Waals surface area contributed by atoms with Gasteiger partial charge in [0.25, 0.3) is 0 Å². The Morgan fingerprint density at radius 3 is 2.88 bits per heavy atom. The summed E-state index contributed by atoms with van der Waals surface area (Å²) in [5.41, 5.74) is 6.39. The predicted molar refractivity (Wildman–Crippen MR) is 77.1 cm³/mol. The lowest BCUT2D eigenvalue weighted by atomic mass is 9.70. The number of fused-ring (bicyclic) bond motifs is 2. The molecule has 0 aromatic rings. The maximum absolute atomic E-state index is 6.19. The quantitative estimate of drug-likeness (QED) is 0.707. The van der Waals surface area contributed by atoms with E-state index >= 15 is 0 Å². The van der Waals surface area contributed by atoms with Crippen LogP contribution in [0.25, 0.3) is 0 Å². The molecule has 1 saturated heterocycles. The maximum atomic E-state index is 6.19. The highest BCUT2D eigenvalue weighted by atomic mass is 32.1. The number of nitrogens with two attached hydrogens (primary N) is 1. The first-order valence-corrected chi connectivity index (χ1v) is 7.53. The highest BCUT2D eigenvalue weighted by Crippen LogP contribution is 2.40. The van der Waals surface area contributed by atoms with Gasteiger partial charge in [0.1, 0.15) is 0 Å². The zero-order valence-corrected chi connectivity index (χ0v) is 12.0. The van der Waals surface area contributed by atoms with Gasteiger partial charge in [0.15, 0.2) is 0 Å². The fourth-order valence-electron chi connectivity index (χ4n) is 3.61. The van der Waals surface area contributed by atoms with E-state index in [0.29, 0.717) is 12.0 Å². The molecule has 2 rings (SSSR count). The van der Waals surface area contributed by atoms with Crippen LogP contribution in [0.15, 0.2) is 0 Å². The van der Waals surface area contributed by atoms with Crippen molar-refractivity contribution in [2.45, 2.75) is 71.0 Å². The van der Waals surface area contributed by atoms with Crippen LogP contribution in [0.4, 0.5) is 0 Å². The zero-order chi connectivity index (χ0) is 12.5. The minimum atomic E-state index is 0.129. The average molecular weight is 254 g/mol. The minimum Gasteiger partial charge on any atom is -0.316 e. The average Bonchev–Trinajstić information content (AvgIpc) is 2.32. The van der Waals surface area contributed by atoms with Crippen molar-refractivity contribution in [3.05, 3.63) is 0 Å². The summed E-state index contributed by atoms with van der Waals surface area (Å²) >= 11 is 5.80. The van der Waals surface area contributed by atoms with Crippen molar-refractivity contribution in [1.29, 1.82) is 0 Å². The molecule has 0 aromatic carbocycles. The fourth-order valence-corrected chi connectivity index (χ4v) is 4.05. The smallest absolute Gasteiger partial charge is 0.0559 e. The fraction of sp³-hybridized carbons (Fsp3) is 0.929. The molecule has 1 aliphatic heterocycles. The van der Waals surface area contributed by atoms with Gasteiger partial charge in [0.05, 0.1) is 6.17 Å². The summed E-state index contributed by atoms with van der Waals surface area (Å²) in [4.78, 5) is 1.26. The molecule has 4 unspecified atom stereocenters. The van der Waals surface area contributed by atoms with E-state index in [1.165, 1.54) is 43.4 Å². The van der Waals surface area contributed by atoms with Crippen molar-refractivity contribution in [3.63, 3.8) is 0 Å². The van der Waals surface area contributed by atoms with E-state index in [2.05, 4.69) is 19.2 Å². The van der Waals surface area contributed by atoms with E-state index in [-0.39, 0.29) is 11.6 Å². The molecule has 2 bridgehead atoms. The van der Waals surface area contributed by atoms with Gasteiger partial charge in [0.2, 0.25) is 0 Å². The topological polar surface area (TPSA) is 38.0 Å². The van der Waals surface area contributed by atoms with Crippen molar-refractivity contribution in [1.82, 2.24) is 5.32 Å². The van der Waals surface area contributed by atoms with Crippen molar-refractivity contribution in [3.8, 4) is 0 Å². The van der Waals surface area contributed by atoms with E-state index in [4.69, 9.17) is 18.0 Å². The van der Waals surface area contributed by atoms with Gasteiger partial charge in [-0.25, -0.2) is 0 Å². The Hall–Kier alpha value is 0.01000. The lowest BCUT2D eigenvalue weighted by molar-refractivity contribution is 0.248. The third kappa shape index (κ3) is 2.72. The Morgan fingerprint density at radius 1 is 1.41 bits per heavy atom. The van der Waals surface area contributed by atoms with Crippen molar-refractivity contribution in [2.75, 3.05) is 0 Å². The van der Waals surface area contributed by atoms with Gasteiger partial charge in [-0.15, -0.1) is 0 Å². The molecule has 0 amide bonds. The number of hydrogen-bond acceptors (Lipinski definition) is 3. The van der Waals surface area contributed by atoms with Crippen LogP contribution < -0.4 is 11.1 Å². The van der Waals surface area contributed by atoms with Crippen molar-refractivity contribution in [2.24, 2.45) is 17.1 Å². The zero-order valence-electron chi connectivity index (χ0n) is 11.2. The van der Waals surface area contributed by atoms with Crippen LogP contribution in [0, 0.1) is 11.3 Å². The number of rotatable bonds is 1. The molecule has 17 heavy (non-hydrogen) atoms. The molecule has 3 heteroatoms. The molecule has 2 fully saturated rings. The molecule has 2 aliphatic rings. The first-order chi connectivity index (χ1) is 8.07. The van der Waals surface area contributed by atoms with Gasteiger partial charge >= 0.3 is 0 Å². The molecular formula is C14H26N2S. The largest absolute Gasteiger partial charge is 0.316 e. The van der Waals surface area contributed by atoms with Gasteiger partial charge in [-0.2, -0.15) is 0 Å². The van der Waals surface area contributed by atoms with E-state index in [0.717, 1.165) is 6.42 Å². The maximum Gasteiger partial charge on any atom is 0.0559 e. The van der Waals surface area contributed by atoms with Crippen LogP contribution in [0.3, 0.4) is 0 Å². The Labute approximate surface area is 111 Å². The summed E-state index contributed by atoms with van der Waals surface area (Å²) in [7, 11) is 0. The Bertz CT molecular complexity index is 292. The molecule has 0 aromatic heterocycles. The van der Waals surface area contributed by atoms with Gasteiger partial charge in [-0.1, -0.05) is 51.7 Å². The normalized spacial score (nSPS) is 43.7. The second-order valence-electron chi connectivity index (χ2n) is 6.15. The molecule has 1 heterocycles. The first-order valence-electron chi connectivity index (χ1n) is 7.13. The van der Waals surface area contributed by atoms with E-state index < -0.39 is 0 Å². The van der Waals surface area contributed by atoms with E-state index in [1.54, 1.807) is 0 Å². The second-order valence-corrected chi connectivity index (χ2v) is 6.59. The van der Waals surface area contributed by atoms with Gasteiger partial charge in [0, 0.05) is 16.3 Å². The summed E-state index contributed by atoms with van der Waals surface area (Å²) in [5.74, 6) is 0.686. The predicted octanol–water partition coefficient (Wildman–Crippen LogP) is 3.00. The van der Waals surface area contributed by atoms with Gasteiger partial charge in [-0.3, -0.25) is 5.32 Å². The highest BCUT2D eigenvalue weighted by Gasteiger charge is 2.42. The Morgan fingerprint density at radius 2 is 2.18 bits per heavy atom.